The predicted molar refractivity (Wildman–Crippen MR) is 78.7 cm³/mol. The minimum Gasteiger partial charge on any atom is -0.493 e. The van der Waals surface area contributed by atoms with Crippen molar-refractivity contribution in [3.05, 3.63) is 29.8 Å². The Morgan fingerprint density at radius 1 is 1.26 bits per heavy atom. The van der Waals surface area contributed by atoms with Gasteiger partial charge in [0.1, 0.15) is 5.75 Å². The van der Waals surface area contributed by atoms with Gasteiger partial charge in [0.25, 0.3) is 0 Å². The van der Waals surface area contributed by atoms with Crippen LogP contribution in [0.3, 0.4) is 0 Å². The Kier molecular flexibility index (Phi) is 4.07. The molecule has 0 bridgehead atoms. The molecule has 1 heterocycles. The van der Waals surface area contributed by atoms with Crippen LogP contribution in [0.5, 0.6) is 5.75 Å². The quantitative estimate of drug-likeness (QED) is 0.840. The highest BCUT2D eigenvalue weighted by Gasteiger charge is 2.33. The van der Waals surface area contributed by atoms with Crippen molar-refractivity contribution in [2.45, 2.75) is 51.0 Å². The highest BCUT2D eigenvalue weighted by atomic mass is 16.5. The number of fused-ring (bicyclic) bond motifs is 1. The fraction of sp³-hybridized carbons (Fsp3) is 0.647. The van der Waals surface area contributed by atoms with Gasteiger partial charge in [-0.15, -0.1) is 0 Å². The molecule has 2 unspecified atom stereocenters. The summed E-state index contributed by atoms with van der Waals surface area (Å²) < 4.78 is 5.80. The van der Waals surface area contributed by atoms with Crippen LogP contribution in [0.4, 0.5) is 0 Å². The van der Waals surface area contributed by atoms with Crippen LogP contribution in [0, 0.1) is 5.92 Å². The van der Waals surface area contributed by atoms with Gasteiger partial charge in [0.2, 0.25) is 0 Å². The number of rotatable bonds is 6. The van der Waals surface area contributed by atoms with Crippen LogP contribution in [0.2, 0.25) is 0 Å². The van der Waals surface area contributed by atoms with Crippen LogP contribution in [-0.4, -0.2) is 19.2 Å². The van der Waals surface area contributed by atoms with Crippen LogP contribution < -0.4 is 10.1 Å². The van der Waals surface area contributed by atoms with E-state index in [9.17, 15) is 0 Å². The van der Waals surface area contributed by atoms with Crippen molar-refractivity contribution in [2.75, 3.05) is 13.2 Å². The Balaban J connectivity index is 1.77. The van der Waals surface area contributed by atoms with Crippen molar-refractivity contribution < 1.29 is 4.74 Å². The normalized spacial score (nSPS) is 23.5. The minimum atomic E-state index is 0.636. The molecule has 0 amide bonds. The summed E-state index contributed by atoms with van der Waals surface area (Å²) in [5.74, 6) is 2.72. The van der Waals surface area contributed by atoms with Gasteiger partial charge < -0.3 is 10.1 Å². The van der Waals surface area contributed by atoms with E-state index in [-0.39, 0.29) is 0 Å². The molecule has 1 fully saturated rings. The fourth-order valence-corrected chi connectivity index (χ4v) is 3.22. The molecule has 1 aliphatic carbocycles. The SMILES string of the molecule is CCCNC(CC1CC1)C1CCOc2ccccc21. The average Bonchev–Trinajstić information content (AvgIpc) is 3.27. The van der Waals surface area contributed by atoms with Crippen LogP contribution in [0.15, 0.2) is 24.3 Å². The van der Waals surface area contributed by atoms with Crippen molar-refractivity contribution in [3.8, 4) is 5.75 Å². The Morgan fingerprint density at radius 2 is 2.11 bits per heavy atom. The summed E-state index contributed by atoms with van der Waals surface area (Å²) in [6.45, 7) is 4.26. The molecule has 1 aliphatic heterocycles. The van der Waals surface area contributed by atoms with E-state index >= 15 is 0 Å². The molecule has 2 aliphatic rings. The Labute approximate surface area is 116 Å². The molecule has 104 valence electrons. The molecule has 3 rings (SSSR count). The van der Waals surface area contributed by atoms with Crippen molar-refractivity contribution in [1.29, 1.82) is 0 Å². The number of para-hydroxylation sites is 1. The largest absolute Gasteiger partial charge is 0.493 e. The van der Waals surface area contributed by atoms with Crippen LogP contribution in [0.25, 0.3) is 0 Å². The van der Waals surface area contributed by atoms with E-state index in [1.807, 2.05) is 0 Å². The lowest BCUT2D eigenvalue weighted by Crippen LogP contribution is -2.38. The molecular formula is C17H25NO. The molecule has 2 nitrogen and oxygen atoms in total. The Bertz CT molecular complexity index is 413. The van der Waals surface area contributed by atoms with Gasteiger partial charge in [0, 0.05) is 12.0 Å². The fourth-order valence-electron chi connectivity index (χ4n) is 3.22. The van der Waals surface area contributed by atoms with Gasteiger partial charge in [-0.25, -0.2) is 0 Å². The first-order chi connectivity index (χ1) is 9.38. The first-order valence-corrected chi connectivity index (χ1v) is 7.83. The third-order valence-electron chi connectivity index (χ3n) is 4.43. The zero-order valence-electron chi connectivity index (χ0n) is 11.9. The summed E-state index contributed by atoms with van der Waals surface area (Å²) in [5, 5.41) is 3.80. The summed E-state index contributed by atoms with van der Waals surface area (Å²) in [6.07, 6.45) is 6.60. The van der Waals surface area contributed by atoms with E-state index in [0.717, 1.165) is 31.2 Å². The zero-order valence-corrected chi connectivity index (χ0v) is 11.9. The summed E-state index contributed by atoms with van der Waals surface area (Å²) in [6, 6.07) is 9.24. The predicted octanol–water partition coefficient (Wildman–Crippen LogP) is 3.72. The van der Waals surface area contributed by atoms with Gasteiger partial charge in [0.15, 0.2) is 0 Å². The number of benzene rings is 1. The van der Waals surface area contributed by atoms with Crippen molar-refractivity contribution >= 4 is 0 Å². The first kappa shape index (κ1) is 13.0. The average molecular weight is 259 g/mol. The van der Waals surface area contributed by atoms with Gasteiger partial charge in [-0.3, -0.25) is 0 Å². The third-order valence-corrected chi connectivity index (χ3v) is 4.43. The van der Waals surface area contributed by atoms with E-state index in [4.69, 9.17) is 4.74 Å². The van der Waals surface area contributed by atoms with E-state index in [1.165, 1.54) is 31.2 Å². The summed E-state index contributed by atoms with van der Waals surface area (Å²) >= 11 is 0. The van der Waals surface area contributed by atoms with E-state index < -0.39 is 0 Å². The highest BCUT2D eigenvalue weighted by Crippen LogP contribution is 2.41. The number of hydrogen-bond donors (Lipinski definition) is 1. The first-order valence-electron chi connectivity index (χ1n) is 7.83. The third kappa shape index (κ3) is 3.11. The molecule has 2 atom stereocenters. The standard InChI is InChI=1S/C17H25NO/c1-2-10-18-16(12-13-7-8-13)14-9-11-19-17-6-4-3-5-15(14)17/h3-6,13-14,16,18H,2,7-12H2,1H3. The van der Waals surface area contributed by atoms with Crippen LogP contribution >= 0.6 is 0 Å². The highest BCUT2D eigenvalue weighted by molar-refractivity contribution is 5.38. The van der Waals surface area contributed by atoms with Crippen molar-refractivity contribution in [1.82, 2.24) is 5.32 Å². The maximum atomic E-state index is 5.80. The van der Waals surface area contributed by atoms with Crippen molar-refractivity contribution in [2.24, 2.45) is 5.92 Å². The maximum absolute atomic E-state index is 5.80. The van der Waals surface area contributed by atoms with Gasteiger partial charge >= 0.3 is 0 Å². The summed E-state index contributed by atoms with van der Waals surface area (Å²) in [7, 11) is 0. The van der Waals surface area contributed by atoms with E-state index in [0.29, 0.717) is 12.0 Å². The molecule has 0 saturated heterocycles. The molecule has 0 spiro atoms. The second kappa shape index (κ2) is 5.96. The monoisotopic (exact) mass is 259 g/mol. The zero-order chi connectivity index (χ0) is 13.1. The second-order valence-corrected chi connectivity index (χ2v) is 6.02. The molecule has 1 N–H and O–H groups in total. The van der Waals surface area contributed by atoms with Gasteiger partial charge in [-0.05, 0) is 43.4 Å². The molecular weight excluding hydrogens is 234 g/mol. The van der Waals surface area contributed by atoms with E-state index in [1.54, 1.807) is 0 Å². The lowest BCUT2D eigenvalue weighted by atomic mass is 9.84. The van der Waals surface area contributed by atoms with Crippen LogP contribution in [-0.2, 0) is 0 Å². The molecule has 0 aromatic heterocycles. The van der Waals surface area contributed by atoms with Gasteiger partial charge in [-0.1, -0.05) is 38.0 Å². The van der Waals surface area contributed by atoms with Crippen molar-refractivity contribution in [3.63, 3.8) is 0 Å². The minimum absolute atomic E-state index is 0.636. The lowest BCUT2D eigenvalue weighted by molar-refractivity contribution is 0.239. The van der Waals surface area contributed by atoms with Gasteiger partial charge in [-0.2, -0.15) is 0 Å². The van der Waals surface area contributed by atoms with E-state index in [2.05, 4.69) is 36.5 Å². The summed E-state index contributed by atoms with van der Waals surface area (Å²) in [4.78, 5) is 0. The lowest BCUT2D eigenvalue weighted by Gasteiger charge is -2.33. The molecule has 19 heavy (non-hydrogen) atoms. The Hall–Kier alpha value is -1.02. The second-order valence-electron chi connectivity index (χ2n) is 6.02. The van der Waals surface area contributed by atoms with Gasteiger partial charge in [0.05, 0.1) is 6.61 Å². The maximum Gasteiger partial charge on any atom is 0.122 e. The number of hydrogen-bond acceptors (Lipinski definition) is 2. The number of ether oxygens (including phenoxy) is 1. The number of nitrogens with one attached hydrogen (secondary N) is 1. The Morgan fingerprint density at radius 3 is 2.89 bits per heavy atom. The topological polar surface area (TPSA) is 21.3 Å². The molecule has 2 heteroatoms. The van der Waals surface area contributed by atoms with Crippen LogP contribution in [0.1, 0.15) is 50.5 Å². The molecule has 1 aromatic rings. The smallest absolute Gasteiger partial charge is 0.122 e. The molecule has 1 aromatic carbocycles. The summed E-state index contributed by atoms with van der Waals surface area (Å²) in [5.41, 5.74) is 1.42. The molecule has 0 radical (unpaired) electrons. The molecule has 1 saturated carbocycles.